The fraction of sp³-hybridized carbons (Fsp3) is 0.160. The summed E-state index contributed by atoms with van der Waals surface area (Å²) in [5.41, 5.74) is 1.68. The molecule has 2 fully saturated rings. The van der Waals surface area contributed by atoms with E-state index in [1.54, 1.807) is 17.2 Å². The van der Waals surface area contributed by atoms with Crippen LogP contribution in [0, 0.1) is 11.7 Å². The lowest BCUT2D eigenvalue weighted by Crippen LogP contribution is -2.37. The van der Waals surface area contributed by atoms with Gasteiger partial charge in [0.15, 0.2) is 6.10 Å². The molecule has 2 heterocycles. The van der Waals surface area contributed by atoms with Crippen LogP contribution in [0.25, 0.3) is 0 Å². The summed E-state index contributed by atoms with van der Waals surface area (Å²) < 4.78 is 18.6. The Labute approximate surface area is 188 Å². The highest BCUT2D eigenvalue weighted by Gasteiger charge is 2.60. The lowest BCUT2D eigenvalue weighted by Gasteiger charge is -2.28. The van der Waals surface area contributed by atoms with Gasteiger partial charge in [-0.2, -0.15) is 0 Å². The van der Waals surface area contributed by atoms with Crippen LogP contribution in [0.2, 0.25) is 0 Å². The number of ether oxygens (including phenoxy) is 1. The largest absolute Gasteiger partial charge is 0.427 e. The van der Waals surface area contributed by atoms with Gasteiger partial charge < -0.3 is 4.74 Å². The van der Waals surface area contributed by atoms with Crippen LogP contribution in [0.1, 0.15) is 18.5 Å². The van der Waals surface area contributed by atoms with Gasteiger partial charge in [-0.3, -0.25) is 19.2 Å². The Morgan fingerprint density at radius 2 is 1.55 bits per heavy atom. The van der Waals surface area contributed by atoms with Crippen molar-refractivity contribution in [1.29, 1.82) is 0 Å². The maximum Gasteiger partial charge on any atom is 0.308 e. The second-order valence-corrected chi connectivity index (χ2v) is 7.81. The minimum absolute atomic E-state index is 0.307. The molecule has 8 heteroatoms. The summed E-state index contributed by atoms with van der Waals surface area (Å²) >= 11 is 0. The van der Waals surface area contributed by atoms with Gasteiger partial charge in [-0.25, -0.2) is 14.4 Å². The highest BCUT2D eigenvalue weighted by Crippen LogP contribution is 2.47. The van der Waals surface area contributed by atoms with Crippen molar-refractivity contribution >= 4 is 29.2 Å². The Hall–Kier alpha value is -4.04. The maximum atomic E-state index is 13.6. The van der Waals surface area contributed by atoms with Crippen molar-refractivity contribution in [3.8, 4) is 5.75 Å². The van der Waals surface area contributed by atoms with E-state index in [1.807, 2.05) is 30.3 Å². The van der Waals surface area contributed by atoms with E-state index in [9.17, 15) is 18.8 Å². The van der Waals surface area contributed by atoms with Gasteiger partial charge in [0.1, 0.15) is 17.5 Å². The number of anilines is 2. The summed E-state index contributed by atoms with van der Waals surface area (Å²) in [5, 5.41) is 1.56. The van der Waals surface area contributed by atoms with E-state index in [0.717, 1.165) is 4.90 Å². The van der Waals surface area contributed by atoms with Gasteiger partial charge in [-0.15, -0.1) is 0 Å². The summed E-state index contributed by atoms with van der Waals surface area (Å²) in [7, 11) is 0. The van der Waals surface area contributed by atoms with Crippen LogP contribution in [-0.4, -0.2) is 23.9 Å². The molecule has 33 heavy (non-hydrogen) atoms. The molecule has 0 N–H and O–H groups in total. The number of para-hydroxylation sites is 1. The van der Waals surface area contributed by atoms with Crippen molar-refractivity contribution in [2.45, 2.75) is 19.1 Å². The zero-order valence-corrected chi connectivity index (χ0v) is 17.6. The number of fused-ring (bicyclic) bond motifs is 1. The second-order valence-electron chi connectivity index (χ2n) is 7.81. The first-order valence-electron chi connectivity index (χ1n) is 10.4. The molecule has 3 aromatic carbocycles. The van der Waals surface area contributed by atoms with Gasteiger partial charge in [0.05, 0.1) is 17.4 Å². The van der Waals surface area contributed by atoms with Gasteiger partial charge in [0.25, 0.3) is 5.91 Å². The average molecular weight is 446 g/mol. The number of benzene rings is 3. The van der Waals surface area contributed by atoms with Crippen LogP contribution in [0.3, 0.4) is 0 Å². The number of rotatable bonds is 4. The molecular weight excluding hydrogens is 427 g/mol. The molecule has 0 aromatic heterocycles. The molecular formula is C25H19FN2O5. The predicted octanol–water partition coefficient (Wildman–Crippen LogP) is 3.80. The Morgan fingerprint density at radius 1 is 0.879 bits per heavy atom. The van der Waals surface area contributed by atoms with E-state index in [0.29, 0.717) is 22.7 Å². The average Bonchev–Trinajstić information content (AvgIpc) is 3.31. The monoisotopic (exact) mass is 446 g/mol. The lowest BCUT2D eigenvalue weighted by molar-refractivity contribution is -0.132. The quantitative estimate of drug-likeness (QED) is 0.345. The molecule has 0 radical (unpaired) electrons. The number of hydroxylamine groups is 1. The highest BCUT2D eigenvalue weighted by molar-refractivity contribution is 6.23. The van der Waals surface area contributed by atoms with E-state index in [2.05, 4.69) is 0 Å². The number of carbonyl (C=O) groups excluding carboxylic acids is 3. The molecule has 0 aliphatic carbocycles. The molecule has 2 aliphatic rings. The van der Waals surface area contributed by atoms with E-state index in [4.69, 9.17) is 9.57 Å². The first-order chi connectivity index (χ1) is 15.9. The topological polar surface area (TPSA) is 76.2 Å². The van der Waals surface area contributed by atoms with Crippen molar-refractivity contribution in [3.05, 3.63) is 90.2 Å². The van der Waals surface area contributed by atoms with Crippen LogP contribution in [0.5, 0.6) is 5.75 Å². The van der Waals surface area contributed by atoms with E-state index >= 15 is 0 Å². The predicted molar refractivity (Wildman–Crippen MR) is 117 cm³/mol. The van der Waals surface area contributed by atoms with Gasteiger partial charge in [-0.05, 0) is 54.1 Å². The molecule has 2 aliphatic heterocycles. The van der Waals surface area contributed by atoms with Crippen molar-refractivity contribution in [1.82, 2.24) is 0 Å². The second kappa shape index (κ2) is 8.14. The summed E-state index contributed by atoms with van der Waals surface area (Å²) in [5.74, 6) is -2.29. The zero-order chi connectivity index (χ0) is 23.1. The molecule has 0 spiro atoms. The molecule has 7 nitrogen and oxygen atoms in total. The standard InChI is InChI=1S/C25H19FN2O5/c1-15(29)32-20-13-11-18(12-14-20)27-24(30)21-22(16-7-9-17(26)10-8-16)28(33-23(21)25(27)31)19-5-3-2-4-6-19/h2-14,21-23H,1H3/t21-,22-,23+/m0/s1. The number of nitrogens with zero attached hydrogens (tertiary/aromatic N) is 2. The van der Waals surface area contributed by atoms with Crippen molar-refractivity contribution < 1.29 is 28.3 Å². The highest BCUT2D eigenvalue weighted by atomic mass is 19.1. The van der Waals surface area contributed by atoms with Crippen molar-refractivity contribution in [2.24, 2.45) is 5.92 Å². The van der Waals surface area contributed by atoms with Gasteiger partial charge in [-0.1, -0.05) is 30.3 Å². The number of hydrogen-bond acceptors (Lipinski definition) is 6. The van der Waals surface area contributed by atoms with Gasteiger partial charge in [0.2, 0.25) is 5.91 Å². The minimum atomic E-state index is -1.03. The number of esters is 1. The number of amides is 2. The van der Waals surface area contributed by atoms with Gasteiger partial charge in [0, 0.05) is 6.92 Å². The molecule has 0 unspecified atom stereocenters. The Bertz CT molecular complexity index is 1210. The molecule has 5 rings (SSSR count). The van der Waals surface area contributed by atoms with Crippen LogP contribution in [-0.2, 0) is 19.2 Å². The van der Waals surface area contributed by atoms with Crippen LogP contribution in [0.15, 0.2) is 78.9 Å². The third kappa shape index (κ3) is 3.64. The number of carbonyl (C=O) groups is 3. The Balaban J connectivity index is 1.51. The van der Waals surface area contributed by atoms with Crippen molar-refractivity contribution in [2.75, 3.05) is 9.96 Å². The molecule has 166 valence electrons. The molecule has 3 atom stereocenters. The summed E-state index contributed by atoms with van der Waals surface area (Å²) in [4.78, 5) is 45.1. The molecule has 0 bridgehead atoms. The van der Waals surface area contributed by atoms with E-state index in [1.165, 1.54) is 43.3 Å². The van der Waals surface area contributed by atoms with Gasteiger partial charge >= 0.3 is 5.97 Å². The fourth-order valence-electron chi connectivity index (χ4n) is 4.30. The fourth-order valence-corrected chi connectivity index (χ4v) is 4.30. The SMILES string of the molecule is CC(=O)Oc1ccc(N2C(=O)[C@@H]3[C@@H](ON(c4ccccc4)[C@H]3c3ccc(F)cc3)C2=O)cc1. The van der Waals surface area contributed by atoms with Crippen LogP contribution < -0.4 is 14.7 Å². The first-order valence-corrected chi connectivity index (χ1v) is 10.4. The Morgan fingerprint density at radius 3 is 2.18 bits per heavy atom. The zero-order valence-electron chi connectivity index (χ0n) is 17.6. The van der Waals surface area contributed by atoms with Crippen LogP contribution >= 0.6 is 0 Å². The maximum absolute atomic E-state index is 13.6. The lowest BCUT2D eigenvalue weighted by atomic mass is 9.90. The number of hydrogen-bond donors (Lipinski definition) is 0. The summed E-state index contributed by atoms with van der Waals surface area (Å²) in [6.45, 7) is 1.29. The molecule has 3 aromatic rings. The summed E-state index contributed by atoms with van der Waals surface area (Å²) in [6.07, 6.45) is -1.03. The minimum Gasteiger partial charge on any atom is -0.427 e. The number of halogens is 1. The smallest absolute Gasteiger partial charge is 0.308 e. The molecule has 0 saturated carbocycles. The molecule has 2 saturated heterocycles. The Kier molecular flexibility index (Phi) is 5.14. The van der Waals surface area contributed by atoms with E-state index in [-0.39, 0.29) is 0 Å². The van der Waals surface area contributed by atoms with Crippen molar-refractivity contribution in [3.63, 3.8) is 0 Å². The number of imide groups is 1. The normalized spacial score (nSPS) is 21.9. The third-order valence-electron chi connectivity index (χ3n) is 5.69. The first kappa shape index (κ1) is 20.8. The van der Waals surface area contributed by atoms with Crippen LogP contribution in [0.4, 0.5) is 15.8 Å². The molecule has 2 amide bonds. The summed E-state index contributed by atoms with van der Waals surface area (Å²) in [6, 6.07) is 20.4. The van der Waals surface area contributed by atoms with E-state index < -0.39 is 41.7 Å². The third-order valence-corrected chi connectivity index (χ3v) is 5.69.